The van der Waals surface area contributed by atoms with Gasteiger partial charge in [0.25, 0.3) is 0 Å². The first kappa shape index (κ1) is 23.8. The number of anilines is 1. The maximum absolute atomic E-state index is 13.6. The van der Waals surface area contributed by atoms with Gasteiger partial charge in [0, 0.05) is 31.4 Å². The Labute approximate surface area is 197 Å². The molecule has 3 unspecified atom stereocenters. The van der Waals surface area contributed by atoms with Crippen LogP contribution in [-0.2, 0) is 16.1 Å². The van der Waals surface area contributed by atoms with Crippen LogP contribution in [0, 0.1) is 18.8 Å². The van der Waals surface area contributed by atoms with Crippen LogP contribution in [0.5, 0.6) is 0 Å². The molecule has 2 aromatic carbocycles. The molecule has 2 aliphatic rings. The molecule has 3 atom stereocenters. The molecule has 7 heteroatoms. The van der Waals surface area contributed by atoms with Crippen molar-refractivity contribution in [3.05, 3.63) is 96.1 Å². The van der Waals surface area contributed by atoms with Crippen LogP contribution in [-0.4, -0.2) is 29.3 Å². The number of amides is 1. The van der Waals surface area contributed by atoms with Gasteiger partial charge in [0.1, 0.15) is 5.78 Å². The number of rotatable bonds is 6. The Morgan fingerprint density at radius 3 is 2.59 bits per heavy atom. The summed E-state index contributed by atoms with van der Waals surface area (Å²) in [5, 5.41) is 2.61. The summed E-state index contributed by atoms with van der Waals surface area (Å²) in [4.78, 5) is 27.1. The van der Waals surface area contributed by atoms with Crippen molar-refractivity contribution in [2.45, 2.75) is 32.0 Å². The number of carbonyl (C=O) groups excluding carboxylic acids is 2. The maximum Gasteiger partial charge on any atom is 0.392 e. The lowest BCUT2D eigenvalue weighted by atomic mass is 9.85. The molecule has 1 N–H and O–H groups in total. The molecule has 1 heterocycles. The number of allylic oxidation sites excluding steroid dienone is 2. The Hall–Kier alpha value is -3.35. The number of fused-ring (bicyclic) bond motifs is 1. The number of nitrogens with one attached hydrogen (secondary N) is 1. The van der Waals surface area contributed by atoms with Gasteiger partial charge in [-0.05, 0) is 41.3 Å². The van der Waals surface area contributed by atoms with E-state index in [2.05, 4.69) is 12.2 Å². The van der Waals surface area contributed by atoms with Gasteiger partial charge in [-0.2, -0.15) is 13.2 Å². The summed E-state index contributed by atoms with van der Waals surface area (Å²) in [6.07, 6.45) is 1.71. The summed E-state index contributed by atoms with van der Waals surface area (Å²) in [6.45, 7) is 5.94. The van der Waals surface area contributed by atoms with Gasteiger partial charge < -0.3 is 10.2 Å². The molecule has 1 aliphatic heterocycles. The minimum atomic E-state index is -4.53. The number of hydrogen-bond donors (Lipinski definition) is 1. The van der Waals surface area contributed by atoms with Crippen molar-refractivity contribution in [1.29, 1.82) is 0 Å². The molecule has 4 nitrogen and oxygen atoms in total. The number of Topliss-reactive ketones (excluding diaryl/α,β-unsaturated/α-hetero) is 1. The maximum atomic E-state index is 13.6. The fourth-order valence-electron chi connectivity index (χ4n) is 4.49. The molecule has 2 aromatic rings. The summed E-state index contributed by atoms with van der Waals surface area (Å²) < 4.78 is 40.9. The van der Waals surface area contributed by atoms with Gasteiger partial charge in [-0.15, -0.1) is 0 Å². The molecule has 1 radical (unpaired) electrons. The molecule has 0 bridgehead atoms. The number of ketones is 1. The lowest BCUT2D eigenvalue weighted by Gasteiger charge is -2.26. The Bertz CT molecular complexity index is 1140. The van der Waals surface area contributed by atoms with Gasteiger partial charge >= 0.3 is 6.18 Å². The normalized spacial score (nSPS) is 19.4. The smallest absolute Gasteiger partial charge is 0.372 e. The Kier molecular flexibility index (Phi) is 6.64. The summed E-state index contributed by atoms with van der Waals surface area (Å²) in [5.74, 6) is -3.90. The highest BCUT2D eigenvalue weighted by Gasteiger charge is 2.45. The zero-order valence-corrected chi connectivity index (χ0v) is 18.8. The van der Waals surface area contributed by atoms with Crippen molar-refractivity contribution in [2.75, 3.05) is 11.9 Å². The van der Waals surface area contributed by atoms with Crippen LogP contribution >= 0.6 is 0 Å². The fourth-order valence-corrected chi connectivity index (χ4v) is 4.49. The van der Waals surface area contributed by atoms with E-state index in [1.807, 2.05) is 23.3 Å². The second kappa shape index (κ2) is 9.49. The quantitative estimate of drug-likeness (QED) is 0.599. The third kappa shape index (κ3) is 5.24. The molecule has 0 fully saturated rings. The molecule has 0 spiro atoms. The second-order valence-corrected chi connectivity index (χ2v) is 8.92. The number of halogens is 3. The summed E-state index contributed by atoms with van der Waals surface area (Å²) in [7, 11) is 0. The first-order chi connectivity index (χ1) is 16.1. The van der Waals surface area contributed by atoms with E-state index in [0.717, 1.165) is 18.1 Å². The van der Waals surface area contributed by atoms with Gasteiger partial charge in [0.2, 0.25) is 5.91 Å². The zero-order chi connectivity index (χ0) is 24.5. The van der Waals surface area contributed by atoms with E-state index < -0.39 is 23.9 Å². The monoisotopic (exact) mass is 467 g/mol. The third-order valence-electron chi connectivity index (χ3n) is 6.39. The van der Waals surface area contributed by atoms with Crippen LogP contribution in [0.4, 0.5) is 18.9 Å². The van der Waals surface area contributed by atoms with Crippen molar-refractivity contribution in [1.82, 2.24) is 4.90 Å². The molecule has 0 saturated carbocycles. The topological polar surface area (TPSA) is 49.4 Å². The minimum Gasteiger partial charge on any atom is -0.372 e. The standard InChI is InChI=1S/C27H26F3N2O2/c1-17-5-3-7-22(13-17)31-26(34)25(18(2)27(28,29)30)20-11-9-19(10-12-20)14-32-15-21-6-4-8-24(33)23(21)16-32/h3-7,9-13,15,18,23,25H,1,8,14,16H2,2H3,(H,31,34). The average molecular weight is 468 g/mol. The molecule has 1 amide bonds. The predicted molar refractivity (Wildman–Crippen MR) is 125 cm³/mol. The Morgan fingerprint density at radius 2 is 1.94 bits per heavy atom. The number of benzene rings is 2. The van der Waals surface area contributed by atoms with Crippen molar-refractivity contribution < 1.29 is 22.8 Å². The number of nitrogens with zero attached hydrogens (tertiary/aromatic N) is 1. The van der Waals surface area contributed by atoms with Crippen molar-refractivity contribution >= 4 is 17.4 Å². The van der Waals surface area contributed by atoms with E-state index >= 15 is 0 Å². The highest BCUT2D eigenvalue weighted by Crippen LogP contribution is 2.38. The molecule has 0 saturated heterocycles. The molecule has 1 aliphatic carbocycles. The Morgan fingerprint density at radius 1 is 1.21 bits per heavy atom. The minimum absolute atomic E-state index is 0.109. The van der Waals surface area contributed by atoms with Crippen molar-refractivity contribution in [3.63, 3.8) is 0 Å². The van der Waals surface area contributed by atoms with E-state index in [1.165, 1.54) is 0 Å². The van der Waals surface area contributed by atoms with Gasteiger partial charge in [-0.3, -0.25) is 9.59 Å². The highest BCUT2D eigenvalue weighted by molar-refractivity contribution is 5.96. The van der Waals surface area contributed by atoms with Gasteiger partial charge in [-0.1, -0.05) is 55.5 Å². The number of carbonyl (C=O) groups is 2. The van der Waals surface area contributed by atoms with E-state index in [4.69, 9.17) is 0 Å². The lowest BCUT2D eigenvalue weighted by molar-refractivity contribution is -0.178. The first-order valence-corrected chi connectivity index (χ1v) is 11.2. The van der Waals surface area contributed by atoms with Crippen molar-refractivity contribution in [2.24, 2.45) is 11.8 Å². The van der Waals surface area contributed by atoms with E-state index in [9.17, 15) is 22.8 Å². The molecule has 0 aromatic heterocycles. The van der Waals surface area contributed by atoms with Crippen LogP contribution in [0.15, 0.2) is 72.5 Å². The van der Waals surface area contributed by atoms with Crippen molar-refractivity contribution in [3.8, 4) is 0 Å². The number of hydrogen-bond acceptors (Lipinski definition) is 3. The van der Waals surface area contributed by atoms with E-state index in [1.54, 1.807) is 48.5 Å². The highest BCUT2D eigenvalue weighted by atomic mass is 19.4. The van der Waals surface area contributed by atoms with Crippen LogP contribution in [0.2, 0.25) is 0 Å². The van der Waals surface area contributed by atoms with Crippen LogP contribution in [0.3, 0.4) is 0 Å². The molecule has 177 valence electrons. The fraction of sp³-hybridized carbons (Fsp3) is 0.296. The first-order valence-electron chi connectivity index (χ1n) is 11.2. The Balaban J connectivity index is 1.51. The molecule has 4 rings (SSSR count). The summed E-state index contributed by atoms with van der Waals surface area (Å²) in [6, 6.07) is 13.3. The summed E-state index contributed by atoms with van der Waals surface area (Å²) in [5.41, 5.74) is 3.23. The van der Waals surface area contributed by atoms with Crippen LogP contribution < -0.4 is 5.32 Å². The zero-order valence-electron chi connectivity index (χ0n) is 18.8. The molecular formula is C27H26F3N2O2. The predicted octanol–water partition coefficient (Wildman–Crippen LogP) is 5.63. The molecule has 34 heavy (non-hydrogen) atoms. The largest absolute Gasteiger partial charge is 0.392 e. The average Bonchev–Trinajstić information content (AvgIpc) is 3.18. The second-order valence-electron chi connectivity index (χ2n) is 8.92. The van der Waals surface area contributed by atoms with Gasteiger partial charge in [0.15, 0.2) is 0 Å². The van der Waals surface area contributed by atoms with Crippen LogP contribution in [0.1, 0.15) is 36.0 Å². The van der Waals surface area contributed by atoms with E-state index in [-0.39, 0.29) is 11.7 Å². The van der Waals surface area contributed by atoms with Crippen LogP contribution in [0.25, 0.3) is 0 Å². The summed E-state index contributed by atoms with van der Waals surface area (Å²) >= 11 is 0. The number of alkyl halides is 3. The van der Waals surface area contributed by atoms with Gasteiger partial charge in [0.05, 0.1) is 17.8 Å². The SMILES string of the molecule is [CH2]c1cccc(NC(=O)C(c2ccc(CN3C=C4C=CCC(=O)C4C3)cc2)C(C)C(F)(F)F)c1. The van der Waals surface area contributed by atoms with E-state index in [0.29, 0.717) is 36.3 Å². The molecular weight excluding hydrogens is 441 g/mol. The third-order valence-corrected chi connectivity index (χ3v) is 6.39. The lowest BCUT2D eigenvalue weighted by Crippen LogP contribution is -2.34. The van der Waals surface area contributed by atoms with Gasteiger partial charge in [-0.25, -0.2) is 0 Å².